The summed E-state index contributed by atoms with van der Waals surface area (Å²) in [5.74, 6) is 0.140. The van der Waals surface area contributed by atoms with Crippen LogP contribution in [-0.2, 0) is 13.1 Å². The molecule has 0 saturated heterocycles. The summed E-state index contributed by atoms with van der Waals surface area (Å²) in [7, 11) is 0. The molecule has 2 rings (SSSR count). The minimum Gasteiger partial charge on any atom is -0.299 e. The molecule has 1 heterocycles. The van der Waals surface area contributed by atoms with Gasteiger partial charge in [-0.3, -0.25) is 18.7 Å². The van der Waals surface area contributed by atoms with Crippen molar-refractivity contribution in [2.75, 3.05) is 0 Å². The van der Waals surface area contributed by atoms with E-state index >= 15 is 0 Å². The van der Waals surface area contributed by atoms with Crippen molar-refractivity contribution >= 4 is 5.78 Å². The fourth-order valence-electron chi connectivity index (χ4n) is 3.00. The average Bonchev–Trinajstić information content (AvgIpc) is 2.64. The van der Waals surface area contributed by atoms with Crippen LogP contribution in [0.1, 0.15) is 73.5 Å². The van der Waals surface area contributed by atoms with E-state index in [1.165, 1.54) is 10.8 Å². The number of aromatic nitrogens is 2. The Kier molecular flexibility index (Phi) is 6.17. The number of aryl methyl sites for hydroxylation is 1. The molecule has 0 spiro atoms. The van der Waals surface area contributed by atoms with Gasteiger partial charge in [0, 0.05) is 18.3 Å². The zero-order valence-electron chi connectivity index (χ0n) is 16.4. The van der Waals surface area contributed by atoms with E-state index in [9.17, 15) is 14.4 Å². The normalized spacial score (nSPS) is 11.0. The van der Waals surface area contributed by atoms with E-state index in [4.69, 9.17) is 5.26 Å². The molecule has 0 N–H and O–H groups in total. The van der Waals surface area contributed by atoms with Crippen LogP contribution in [0.25, 0.3) is 0 Å². The van der Waals surface area contributed by atoms with Gasteiger partial charge in [0.05, 0.1) is 6.54 Å². The van der Waals surface area contributed by atoms with Gasteiger partial charge >= 0.3 is 5.69 Å². The maximum Gasteiger partial charge on any atom is 0.331 e. The van der Waals surface area contributed by atoms with Crippen LogP contribution in [0.3, 0.4) is 0 Å². The predicted octanol–water partition coefficient (Wildman–Crippen LogP) is 3.03. The van der Waals surface area contributed by atoms with Crippen LogP contribution in [0, 0.1) is 11.3 Å². The summed E-state index contributed by atoms with van der Waals surface area (Å²) < 4.78 is 2.11. The largest absolute Gasteiger partial charge is 0.331 e. The first-order valence-electron chi connectivity index (χ1n) is 9.12. The molecule has 0 atom stereocenters. The van der Waals surface area contributed by atoms with Crippen molar-refractivity contribution in [3.05, 3.63) is 67.5 Å². The highest BCUT2D eigenvalue weighted by atomic mass is 16.2. The summed E-state index contributed by atoms with van der Waals surface area (Å²) in [6.45, 7) is 9.84. The third-order valence-corrected chi connectivity index (χ3v) is 4.66. The number of carbonyl (C=O) groups is 1. The molecule has 0 bridgehead atoms. The number of Topliss-reactive ketones (excluding diaryl/α,β-unsaturated/α-hetero) is 1. The second kappa shape index (κ2) is 8.17. The van der Waals surface area contributed by atoms with Crippen LogP contribution < -0.4 is 11.2 Å². The van der Waals surface area contributed by atoms with Crippen molar-refractivity contribution in [3.8, 4) is 6.07 Å². The van der Waals surface area contributed by atoms with Gasteiger partial charge in [-0.25, -0.2) is 4.79 Å². The van der Waals surface area contributed by atoms with Crippen LogP contribution in [0.5, 0.6) is 0 Å². The molecule has 0 saturated carbocycles. The molecule has 2 aromatic rings. The summed E-state index contributed by atoms with van der Waals surface area (Å²) >= 11 is 0. The van der Waals surface area contributed by atoms with Crippen LogP contribution in [-0.4, -0.2) is 14.9 Å². The highest BCUT2D eigenvalue weighted by Crippen LogP contribution is 2.25. The molecule has 27 heavy (non-hydrogen) atoms. The van der Waals surface area contributed by atoms with Crippen molar-refractivity contribution in [1.29, 1.82) is 5.26 Å². The lowest BCUT2D eigenvalue weighted by Gasteiger charge is -2.16. The average molecular weight is 367 g/mol. The first-order valence-corrected chi connectivity index (χ1v) is 9.12. The molecule has 0 aliphatic rings. The number of hydrogen-bond acceptors (Lipinski definition) is 4. The smallest absolute Gasteiger partial charge is 0.299 e. The molecule has 142 valence electrons. The molecule has 0 unspecified atom stereocenters. The van der Waals surface area contributed by atoms with Gasteiger partial charge in [-0.1, -0.05) is 45.9 Å². The quantitative estimate of drug-likeness (QED) is 0.735. The van der Waals surface area contributed by atoms with Gasteiger partial charge in [0.25, 0.3) is 5.56 Å². The van der Waals surface area contributed by atoms with Gasteiger partial charge in [0.15, 0.2) is 5.78 Å². The Morgan fingerprint density at radius 3 is 2.33 bits per heavy atom. The fourth-order valence-corrected chi connectivity index (χ4v) is 3.00. The first-order chi connectivity index (χ1) is 12.7. The second-order valence-corrected chi connectivity index (χ2v) is 7.19. The van der Waals surface area contributed by atoms with Gasteiger partial charge in [-0.15, -0.1) is 0 Å². The van der Waals surface area contributed by atoms with Gasteiger partial charge in [-0.05, 0) is 29.9 Å². The Labute approximate surface area is 158 Å². The Bertz CT molecular complexity index is 1020. The third kappa shape index (κ3) is 4.08. The van der Waals surface area contributed by atoms with Crippen molar-refractivity contribution in [2.45, 2.75) is 59.5 Å². The zero-order chi connectivity index (χ0) is 20.3. The van der Waals surface area contributed by atoms with Gasteiger partial charge in [0.1, 0.15) is 11.6 Å². The fraction of sp³-hybridized carbons (Fsp3) is 0.429. The zero-order valence-corrected chi connectivity index (χ0v) is 16.4. The molecule has 0 radical (unpaired) electrons. The monoisotopic (exact) mass is 367 g/mol. The molecular weight excluding hydrogens is 342 g/mol. The summed E-state index contributed by atoms with van der Waals surface area (Å²) in [6, 6.07) is 7.48. The van der Waals surface area contributed by atoms with Gasteiger partial charge in [-0.2, -0.15) is 5.26 Å². The topological polar surface area (TPSA) is 84.9 Å². The summed E-state index contributed by atoms with van der Waals surface area (Å²) in [4.78, 5) is 37.8. The highest BCUT2D eigenvalue weighted by molar-refractivity contribution is 5.97. The number of hydrogen-bond donors (Lipinski definition) is 0. The molecule has 1 aromatic carbocycles. The Morgan fingerprint density at radius 1 is 1.15 bits per heavy atom. The summed E-state index contributed by atoms with van der Waals surface area (Å²) in [5, 5.41) is 9.14. The van der Waals surface area contributed by atoms with E-state index < -0.39 is 11.2 Å². The minimum absolute atomic E-state index is 0.122. The van der Waals surface area contributed by atoms with E-state index in [2.05, 4.69) is 13.8 Å². The SMILES string of the molecule is CCn1cc(C#N)c(=O)n(CC(=O)c2ccc(C(C)C)cc2C(C)C)c1=O. The van der Waals surface area contributed by atoms with Crippen LogP contribution in [0.2, 0.25) is 0 Å². The predicted molar refractivity (Wildman–Crippen MR) is 104 cm³/mol. The van der Waals surface area contributed by atoms with Crippen molar-refractivity contribution in [3.63, 3.8) is 0 Å². The maximum absolute atomic E-state index is 12.9. The first kappa shape index (κ1) is 20.4. The van der Waals surface area contributed by atoms with E-state index in [0.29, 0.717) is 18.0 Å². The van der Waals surface area contributed by atoms with E-state index in [1.807, 2.05) is 26.0 Å². The number of rotatable bonds is 6. The lowest BCUT2D eigenvalue weighted by atomic mass is 9.90. The summed E-state index contributed by atoms with van der Waals surface area (Å²) in [6.07, 6.45) is 1.24. The van der Waals surface area contributed by atoms with Crippen LogP contribution >= 0.6 is 0 Å². The lowest BCUT2D eigenvalue weighted by Crippen LogP contribution is -2.42. The van der Waals surface area contributed by atoms with Crippen LogP contribution in [0.4, 0.5) is 0 Å². The van der Waals surface area contributed by atoms with E-state index in [1.54, 1.807) is 19.1 Å². The molecule has 6 heteroatoms. The summed E-state index contributed by atoms with van der Waals surface area (Å²) in [5.41, 5.74) is 1.07. The molecule has 6 nitrogen and oxygen atoms in total. The Balaban J connectivity index is 2.55. The number of ketones is 1. The Morgan fingerprint density at radius 2 is 1.81 bits per heavy atom. The molecular formula is C21H25N3O3. The van der Waals surface area contributed by atoms with Gasteiger partial charge in [0.2, 0.25) is 0 Å². The van der Waals surface area contributed by atoms with Crippen molar-refractivity contribution < 1.29 is 4.79 Å². The standard InChI is InChI=1S/C21H25N3O3/c1-6-23-11-16(10-22)20(26)24(21(23)27)12-19(25)17-8-7-15(13(2)3)9-18(17)14(4)5/h7-9,11,13-14H,6,12H2,1-5H3. The van der Waals surface area contributed by atoms with E-state index in [-0.39, 0.29) is 23.8 Å². The third-order valence-electron chi connectivity index (χ3n) is 4.66. The molecule has 0 fully saturated rings. The molecule has 0 aliphatic heterocycles. The number of nitriles is 1. The number of benzene rings is 1. The highest BCUT2D eigenvalue weighted by Gasteiger charge is 2.19. The lowest BCUT2D eigenvalue weighted by molar-refractivity contribution is 0.0967. The van der Waals surface area contributed by atoms with Gasteiger partial charge < -0.3 is 0 Å². The molecule has 1 aromatic heterocycles. The second-order valence-electron chi connectivity index (χ2n) is 7.19. The Hall–Kier alpha value is -2.94. The van der Waals surface area contributed by atoms with Crippen molar-refractivity contribution in [2.24, 2.45) is 0 Å². The van der Waals surface area contributed by atoms with Crippen molar-refractivity contribution in [1.82, 2.24) is 9.13 Å². The van der Waals surface area contributed by atoms with Crippen LogP contribution in [0.15, 0.2) is 34.0 Å². The van der Waals surface area contributed by atoms with E-state index in [0.717, 1.165) is 15.7 Å². The number of carbonyl (C=O) groups excluding carboxylic acids is 1. The minimum atomic E-state index is -0.731. The number of nitrogens with zero attached hydrogens (tertiary/aromatic N) is 3. The maximum atomic E-state index is 12.9. The molecule has 0 amide bonds. The molecule has 0 aliphatic carbocycles.